The van der Waals surface area contributed by atoms with Gasteiger partial charge >= 0.3 is 0 Å². The van der Waals surface area contributed by atoms with Crippen molar-refractivity contribution >= 4 is 23.4 Å². The van der Waals surface area contributed by atoms with Crippen molar-refractivity contribution in [2.24, 2.45) is 0 Å². The van der Waals surface area contributed by atoms with Crippen molar-refractivity contribution in [3.63, 3.8) is 0 Å². The Kier molecular flexibility index (Phi) is 5.19. The summed E-state index contributed by atoms with van der Waals surface area (Å²) in [5.74, 6) is 1.55. The molecule has 5 nitrogen and oxygen atoms in total. The molecule has 1 heterocycles. The van der Waals surface area contributed by atoms with E-state index in [0.717, 1.165) is 21.7 Å². The number of anilines is 1. The van der Waals surface area contributed by atoms with Crippen LogP contribution in [-0.4, -0.2) is 16.0 Å². The Morgan fingerprint density at radius 1 is 1.12 bits per heavy atom. The van der Waals surface area contributed by atoms with Gasteiger partial charge in [-0.2, -0.15) is 4.98 Å². The predicted molar refractivity (Wildman–Crippen MR) is 98.9 cm³/mol. The molecule has 1 amide bonds. The van der Waals surface area contributed by atoms with Crippen LogP contribution < -0.4 is 5.32 Å². The number of nitrogens with one attached hydrogen (secondary N) is 1. The average Bonchev–Trinajstić information content (AvgIpc) is 3.03. The number of aryl methyl sites for hydroxylation is 2. The van der Waals surface area contributed by atoms with Crippen LogP contribution in [0.3, 0.4) is 0 Å². The standard InChI is InChI=1S/C19H19N3O2S/c1-12-7-6-9-16(13(12)2)21-19(23)15-8-4-5-10-17(15)25-11-18-20-14(3)22-24-18/h4-10H,11H2,1-3H3,(H,21,23). The molecule has 3 rings (SSSR count). The van der Waals surface area contributed by atoms with Crippen molar-refractivity contribution in [3.05, 3.63) is 70.9 Å². The molecule has 1 N–H and O–H groups in total. The highest BCUT2D eigenvalue weighted by atomic mass is 32.2. The zero-order valence-electron chi connectivity index (χ0n) is 14.4. The van der Waals surface area contributed by atoms with E-state index in [9.17, 15) is 4.79 Å². The smallest absolute Gasteiger partial charge is 0.256 e. The summed E-state index contributed by atoms with van der Waals surface area (Å²) in [5, 5.41) is 6.79. The van der Waals surface area contributed by atoms with Gasteiger partial charge in [-0.15, -0.1) is 11.8 Å². The Morgan fingerprint density at radius 2 is 1.92 bits per heavy atom. The number of carbonyl (C=O) groups excluding carboxylic acids is 1. The molecule has 0 aliphatic rings. The first kappa shape index (κ1) is 17.2. The minimum atomic E-state index is -0.126. The quantitative estimate of drug-likeness (QED) is 0.682. The van der Waals surface area contributed by atoms with Gasteiger partial charge in [-0.1, -0.05) is 29.4 Å². The van der Waals surface area contributed by atoms with E-state index in [2.05, 4.69) is 15.5 Å². The monoisotopic (exact) mass is 353 g/mol. The molecule has 0 saturated heterocycles. The minimum Gasteiger partial charge on any atom is -0.338 e. The Bertz CT molecular complexity index is 905. The number of nitrogens with zero attached hydrogens (tertiary/aromatic N) is 2. The number of hydrogen-bond donors (Lipinski definition) is 1. The summed E-state index contributed by atoms with van der Waals surface area (Å²) in [6.45, 7) is 5.81. The second-order valence-electron chi connectivity index (χ2n) is 5.72. The fourth-order valence-electron chi connectivity index (χ4n) is 2.39. The lowest BCUT2D eigenvalue weighted by Crippen LogP contribution is -2.14. The van der Waals surface area contributed by atoms with Crippen molar-refractivity contribution in [1.29, 1.82) is 0 Å². The van der Waals surface area contributed by atoms with Gasteiger partial charge in [0.1, 0.15) is 0 Å². The average molecular weight is 353 g/mol. The van der Waals surface area contributed by atoms with Crippen LogP contribution in [0.1, 0.15) is 33.2 Å². The van der Waals surface area contributed by atoms with Crippen molar-refractivity contribution in [2.75, 3.05) is 5.32 Å². The lowest BCUT2D eigenvalue weighted by Gasteiger charge is -2.12. The third kappa shape index (κ3) is 4.09. The Balaban J connectivity index is 1.77. The molecule has 0 atom stereocenters. The van der Waals surface area contributed by atoms with Crippen molar-refractivity contribution in [2.45, 2.75) is 31.4 Å². The number of hydrogen-bond acceptors (Lipinski definition) is 5. The first-order valence-electron chi connectivity index (χ1n) is 7.93. The normalized spacial score (nSPS) is 10.7. The summed E-state index contributed by atoms with van der Waals surface area (Å²) in [6, 6.07) is 13.4. The second-order valence-corrected chi connectivity index (χ2v) is 6.74. The topological polar surface area (TPSA) is 68.0 Å². The largest absolute Gasteiger partial charge is 0.338 e. The highest BCUT2D eigenvalue weighted by Crippen LogP contribution is 2.27. The number of amides is 1. The van der Waals surface area contributed by atoms with Crippen molar-refractivity contribution in [3.8, 4) is 0 Å². The molecule has 25 heavy (non-hydrogen) atoms. The molecule has 0 spiro atoms. The molecule has 0 bridgehead atoms. The summed E-state index contributed by atoms with van der Waals surface area (Å²) >= 11 is 1.50. The van der Waals surface area contributed by atoms with E-state index in [0.29, 0.717) is 23.0 Å². The van der Waals surface area contributed by atoms with Crippen LogP contribution >= 0.6 is 11.8 Å². The lowest BCUT2D eigenvalue weighted by molar-refractivity contribution is 0.102. The van der Waals surface area contributed by atoms with Crippen LogP contribution in [0.2, 0.25) is 0 Å². The number of carbonyl (C=O) groups is 1. The van der Waals surface area contributed by atoms with Gasteiger partial charge in [0.25, 0.3) is 5.91 Å². The van der Waals surface area contributed by atoms with Gasteiger partial charge in [-0.25, -0.2) is 0 Å². The van der Waals surface area contributed by atoms with E-state index in [1.165, 1.54) is 11.8 Å². The molecule has 0 saturated carbocycles. The molecule has 0 radical (unpaired) electrons. The zero-order chi connectivity index (χ0) is 17.8. The molecular formula is C19H19N3O2S. The summed E-state index contributed by atoms with van der Waals surface area (Å²) in [6.07, 6.45) is 0. The predicted octanol–water partition coefficient (Wildman–Crippen LogP) is 4.54. The van der Waals surface area contributed by atoms with Gasteiger partial charge in [0.05, 0.1) is 11.3 Å². The van der Waals surface area contributed by atoms with E-state index >= 15 is 0 Å². The number of aromatic nitrogens is 2. The number of thioether (sulfide) groups is 1. The first-order valence-corrected chi connectivity index (χ1v) is 8.91. The summed E-state index contributed by atoms with van der Waals surface area (Å²) in [7, 11) is 0. The molecule has 128 valence electrons. The number of benzene rings is 2. The van der Waals surface area contributed by atoms with E-state index in [4.69, 9.17) is 4.52 Å². The van der Waals surface area contributed by atoms with Crippen LogP contribution in [0.15, 0.2) is 51.9 Å². The van der Waals surface area contributed by atoms with Crippen molar-refractivity contribution in [1.82, 2.24) is 10.1 Å². The van der Waals surface area contributed by atoms with Gasteiger partial charge in [-0.3, -0.25) is 4.79 Å². The van der Waals surface area contributed by atoms with Crippen molar-refractivity contribution < 1.29 is 9.32 Å². The number of rotatable bonds is 5. The molecule has 3 aromatic rings. The SMILES string of the molecule is Cc1noc(CSc2ccccc2C(=O)Nc2cccc(C)c2C)n1. The van der Waals surface area contributed by atoms with Gasteiger partial charge in [0.2, 0.25) is 5.89 Å². The maximum Gasteiger partial charge on any atom is 0.256 e. The van der Waals surface area contributed by atoms with E-state index in [1.807, 2.05) is 56.3 Å². The maximum atomic E-state index is 12.7. The van der Waals surface area contributed by atoms with E-state index < -0.39 is 0 Å². The maximum absolute atomic E-state index is 12.7. The van der Waals surface area contributed by atoms with E-state index in [-0.39, 0.29) is 5.91 Å². The first-order chi connectivity index (χ1) is 12.0. The highest BCUT2D eigenvalue weighted by molar-refractivity contribution is 7.98. The van der Waals surface area contributed by atoms with Crippen LogP contribution in [0.25, 0.3) is 0 Å². The van der Waals surface area contributed by atoms with Gasteiger partial charge < -0.3 is 9.84 Å². The van der Waals surface area contributed by atoms with Crippen LogP contribution in [-0.2, 0) is 5.75 Å². The Labute approximate surface area is 150 Å². The summed E-state index contributed by atoms with van der Waals surface area (Å²) in [5.41, 5.74) is 3.68. The Morgan fingerprint density at radius 3 is 2.68 bits per heavy atom. The highest BCUT2D eigenvalue weighted by Gasteiger charge is 2.14. The van der Waals surface area contributed by atoms with E-state index in [1.54, 1.807) is 6.92 Å². The molecule has 0 aliphatic heterocycles. The fourth-order valence-corrected chi connectivity index (χ4v) is 3.28. The minimum absolute atomic E-state index is 0.126. The van der Waals surface area contributed by atoms with Gasteiger partial charge in [0, 0.05) is 10.6 Å². The fraction of sp³-hybridized carbons (Fsp3) is 0.211. The second kappa shape index (κ2) is 7.53. The zero-order valence-corrected chi connectivity index (χ0v) is 15.2. The molecule has 0 unspecified atom stereocenters. The third-order valence-corrected chi connectivity index (χ3v) is 4.96. The molecule has 1 aromatic heterocycles. The summed E-state index contributed by atoms with van der Waals surface area (Å²) < 4.78 is 5.13. The third-order valence-electron chi connectivity index (χ3n) is 3.91. The molecular weight excluding hydrogens is 334 g/mol. The summed E-state index contributed by atoms with van der Waals surface area (Å²) in [4.78, 5) is 17.8. The molecule has 0 aliphatic carbocycles. The van der Waals surface area contributed by atoms with Crippen LogP contribution in [0, 0.1) is 20.8 Å². The van der Waals surface area contributed by atoms with Crippen LogP contribution in [0.4, 0.5) is 5.69 Å². The Hall–Kier alpha value is -2.60. The van der Waals surface area contributed by atoms with Gasteiger partial charge in [-0.05, 0) is 50.1 Å². The molecule has 2 aromatic carbocycles. The molecule has 0 fully saturated rings. The lowest BCUT2D eigenvalue weighted by atomic mass is 10.1. The molecule has 6 heteroatoms. The van der Waals surface area contributed by atoms with Crippen LogP contribution in [0.5, 0.6) is 0 Å². The van der Waals surface area contributed by atoms with Gasteiger partial charge in [0.15, 0.2) is 5.82 Å².